The van der Waals surface area contributed by atoms with Crippen LogP contribution in [0, 0.1) is 11.3 Å². The van der Waals surface area contributed by atoms with E-state index in [0.29, 0.717) is 25.1 Å². The van der Waals surface area contributed by atoms with Crippen molar-refractivity contribution in [3.8, 4) is 6.07 Å². The van der Waals surface area contributed by atoms with Crippen LogP contribution in [0.15, 0.2) is 59.3 Å². The third-order valence-electron chi connectivity index (χ3n) is 6.53. The lowest BCUT2D eigenvalue weighted by Crippen LogP contribution is -2.31. The van der Waals surface area contributed by atoms with Crippen LogP contribution >= 0.6 is 12.0 Å². The highest BCUT2D eigenvalue weighted by Gasteiger charge is 2.29. The predicted molar refractivity (Wildman–Crippen MR) is 152 cm³/mol. The number of carbonyl (C=O) groups is 1. The molecule has 0 spiro atoms. The second-order valence-electron chi connectivity index (χ2n) is 8.98. The number of carbonyl (C=O) groups excluding carboxylic acids is 1. The summed E-state index contributed by atoms with van der Waals surface area (Å²) >= 11 is 1.28. The van der Waals surface area contributed by atoms with Crippen LogP contribution in [0.3, 0.4) is 0 Å². The summed E-state index contributed by atoms with van der Waals surface area (Å²) in [6.45, 7) is 0.849. The molecule has 0 radical (unpaired) electrons. The molecule has 2 aromatic carbocycles. The van der Waals surface area contributed by atoms with Gasteiger partial charge in [-0.1, -0.05) is 6.08 Å². The Morgan fingerprint density at radius 2 is 1.97 bits per heavy atom. The fraction of sp³-hybridized carbons (Fsp3) is 0.296. The molecule has 39 heavy (non-hydrogen) atoms. The summed E-state index contributed by atoms with van der Waals surface area (Å²) in [7, 11) is 1.40. The van der Waals surface area contributed by atoms with Gasteiger partial charge in [0.15, 0.2) is 11.0 Å². The van der Waals surface area contributed by atoms with Crippen LogP contribution in [-0.2, 0) is 27.9 Å². The Morgan fingerprint density at radius 1 is 1.18 bits per heavy atom. The van der Waals surface area contributed by atoms with E-state index in [1.165, 1.54) is 12.0 Å². The molecule has 1 N–H and O–H groups in total. The average Bonchev–Trinajstić information content (AvgIpc) is 3.32. The molecule has 1 aliphatic rings. The number of aldehydes is 1. The first-order valence-corrected chi connectivity index (χ1v) is 14.6. The third kappa shape index (κ3) is 6.17. The molecular formula is C27H30N5O5S2+. The first kappa shape index (κ1) is 28.4. The van der Waals surface area contributed by atoms with Gasteiger partial charge < -0.3 is 14.0 Å². The minimum Gasteiger partial charge on any atom is -0.329 e. The first-order valence-electron chi connectivity index (χ1n) is 12.2. The zero-order valence-electron chi connectivity index (χ0n) is 21.9. The molecular weight excluding hydrogens is 538 g/mol. The monoisotopic (exact) mass is 568 g/mol. The molecule has 204 valence electrons. The maximum Gasteiger partial charge on any atom is 0.282 e. The number of rotatable bonds is 11. The van der Waals surface area contributed by atoms with Gasteiger partial charge in [0.2, 0.25) is 0 Å². The lowest BCUT2D eigenvalue weighted by Gasteiger charge is -2.21. The lowest BCUT2D eigenvalue weighted by molar-refractivity contribution is -0.647. The molecule has 1 aromatic heterocycles. The van der Waals surface area contributed by atoms with Crippen molar-refractivity contribution in [1.29, 1.82) is 5.26 Å². The van der Waals surface area contributed by atoms with E-state index in [1.807, 2.05) is 65.7 Å². The number of fused-ring (bicyclic) bond motifs is 2. The number of nitriles is 1. The molecule has 0 aliphatic carbocycles. The van der Waals surface area contributed by atoms with Crippen molar-refractivity contribution >= 4 is 56.9 Å². The van der Waals surface area contributed by atoms with Crippen molar-refractivity contribution < 1.29 is 26.5 Å². The number of nitrogens with zero attached hydrogens (tertiary/aromatic N) is 5. The van der Waals surface area contributed by atoms with E-state index in [9.17, 15) is 23.0 Å². The second-order valence-corrected chi connectivity index (χ2v) is 11.5. The number of benzene rings is 2. The summed E-state index contributed by atoms with van der Waals surface area (Å²) in [6, 6.07) is 13.6. The Bertz CT molecular complexity index is 1600. The van der Waals surface area contributed by atoms with Crippen molar-refractivity contribution in [2.24, 2.45) is 7.05 Å². The molecule has 12 heteroatoms. The molecule has 0 unspecified atom stereocenters. The van der Waals surface area contributed by atoms with Gasteiger partial charge in [0.1, 0.15) is 12.1 Å². The first-order chi connectivity index (χ1) is 18.7. The van der Waals surface area contributed by atoms with Crippen molar-refractivity contribution in [2.75, 3.05) is 36.3 Å². The highest BCUT2D eigenvalue weighted by molar-refractivity contribution is 7.94. The van der Waals surface area contributed by atoms with E-state index in [4.69, 9.17) is 4.18 Å². The molecule has 3 aromatic rings. The summed E-state index contributed by atoms with van der Waals surface area (Å²) in [5.41, 5.74) is 4.18. The Morgan fingerprint density at radius 3 is 2.67 bits per heavy atom. The quantitative estimate of drug-likeness (QED) is 0.159. The number of hydrogen-bond donors (Lipinski definition) is 1. The Labute approximate surface area is 232 Å². The van der Waals surface area contributed by atoms with Crippen LogP contribution in [0.25, 0.3) is 17.1 Å². The van der Waals surface area contributed by atoms with E-state index in [1.54, 1.807) is 19.2 Å². The SMILES string of the molecule is COSc1ccc2c(c1)N(CCC#N)/C(=C/C=C/c1n(CCCS(=O)(=O)O)c3cc(C=O)ccc3[n+]1C)N2C. The molecule has 1 aliphatic heterocycles. The van der Waals surface area contributed by atoms with Crippen LogP contribution < -0.4 is 14.4 Å². The van der Waals surface area contributed by atoms with Gasteiger partial charge in [-0.3, -0.25) is 9.35 Å². The fourth-order valence-electron chi connectivity index (χ4n) is 4.78. The number of aromatic nitrogens is 2. The topological polar surface area (TPSA) is 120 Å². The van der Waals surface area contributed by atoms with Crippen molar-refractivity contribution in [3.63, 3.8) is 0 Å². The number of allylic oxidation sites excluding steroid dienone is 2. The highest BCUT2D eigenvalue weighted by atomic mass is 32.2. The zero-order valence-corrected chi connectivity index (χ0v) is 23.6. The average molecular weight is 569 g/mol. The maximum absolute atomic E-state index is 11.4. The summed E-state index contributed by atoms with van der Waals surface area (Å²) in [5.74, 6) is 1.33. The van der Waals surface area contributed by atoms with Crippen LogP contribution in [0.1, 0.15) is 29.0 Å². The maximum atomic E-state index is 11.4. The van der Waals surface area contributed by atoms with E-state index < -0.39 is 10.1 Å². The molecule has 2 heterocycles. The van der Waals surface area contributed by atoms with E-state index >= 15 is 0 Å². The molecule has 0 amide bonds. The van der Waals surface area contributed by atoms with Crippen LogP contribution in [0.5, 0.6) is 0 Å². The summed E-state index contributed by atoms with van der Waals surface area (Å²) in [4.78, 5) is 16.5. The Balaban J connectivity index is 1.73. The largest absolute Gasteiger partial charge is 0.329 e. The molecule has 0 saturated heterocycles. The van der Waals surface area contributed by atoms with E-state index in [2.05, 4.69) is 15.9 Å². The van der Waals surface area contributed by atoms with Gasteiger partial charge in [-0.2, -0.15) is 13.7 Å². The minimum atomic E-state index is -4.09. The van der Waals surface area contributed by atoms with E-state index in [-0.39, 0.29) is 12.2 Å². The van der Waals surface area contributed by atoms with Crippen LogP contribution in [-0.4, -0.2) is 50.3 Å². The van der Waals surface area contributed by atoms with Crippen molar-refractivity contribution in [3.05, 3.63) is 65.8 Å². The van der Waals surface area contributed by atoms with Crippen LogP contribution in [0.4, 0.5) is 11.4 Å². The second kappa shape index (κ2) is 12.0. The third-order valence-corrected chi connectivity index (χ3v) is 7.95. The number of anilines is 2. The van der Waals surface area contributed by atoms with Crippen molar-refractivity contribution in [2.45, 2.75) is 24.3 Å². The molecule has 4 rings (SSSR count). The van der Waals surface area contributed by atoms with Crippen molar-refractivity contribution in [1.82, 2.24) is 4.57 Å². The molecule has 0 atom stereocenters. The van der Waals surface area contributed by atoms with Gasteiger partial charge in [-0.25, -0.2) is 9.13 Å². The fourth-order valence-corrected chi connectivity index (χ4v) is 5.75. The molecule has 0 fully saturated rings. The highest BCUT2D eigenvalue weighted by Crippen LogP contribution is 2.42. The predicted octanol–water partition coefficient (Wildman–Crippen LogP) is 3.93. The van der Waals surface area contributed by atoms with Gasteiger partial charge in [0.25, 0.3) is 15.9 Å². The van der Waals surface area contributed by atoms with Gasteiger partial charge in [-0.05, 0) is 42.5 Å². The zero-order chi connectivity index (χ0) is 28.2. The lowest BCUT2D eigenvalue weighted by atomic mass is 10.2. The number of imidazole rings is 1. The van der Waals surface area contributed by atoms with E-state index in [0.717, 1.165) is 45.2 Å². The van der Waals surface area contributed by atoms with Gasteiger partial charge in [-0.15, -0.1) is 0 Å². The Hall–Kier alpha value is -3.63. The van der Waals surface area contributed by atoms with Gasteiger partial charge in [0.05, 0.1) is 50.3 Å². The summed E-state index contributed by atoms with van der Waals surface area (Å²) in [6.07, 6.45) is 7.14. The number of hydrogen-bond acceptors (Lipinski definition) is 8. The Kier molecular flexibility index (Phi) is 8.76. The molecule has 10 nitrogen and oxygen atoms in total. The van der Waals surface area contributed by atoms with Crippen LogP contribution in [0.2, 0.25) is 0 Å². The standard InChI is InChI=1S/C27H29N5O5S2/c1-29-22-11-9-20(19-33)17-24(22)32(15-6-16-39(34,35)36)27(29)8-4-7-26-30(2)23-12-10-21(38-37-3)18-25(23)31(26)14-5-13-28/h4,7-12,17-19H,5-6,14-16H2,1-3H3/p+1. The number of aryl methyl sites for hydroxylation is 2. The van der Waals surface area contributed by atoms with Gasteiger partial charge >= 0.3 is 0 Å². The summed E-state index contributed by atoms with van der Waals surface area (Å²) < 4.78 is 41.0. The smallest absolute Gasteiger partial charge is 0.282 e. The normalized spacial score (nSPS) is 14.5. The van der Waals surface area contributed by atoms with Gasteiger partial charge in [0, 0.05) is 48.6 Å². The minimum absolute atomic E-state index is 0.206. The molecule has 0 saturated carbocycles. The molecule has 0 bridgehead atoms. The summed E-state index contributed by atoms with van der Waals surface area (Å²) in [5, 5.41) is 9.25.